The largest absolute Gasteiger partial charge is 0.378 e. The smallest absolute Gasteiger partial charge is 0.248 e. The Labute approximate surface area is 126 Å². The van der Waals surface area contributed by atoms with Crippen molar-refractivity contribution >= 4 is 50.5 Å². The van der Waals surface area contributed by atoms with Gasteiger partial charge in [0.25, 0.3) is 0 Å². The minimum absolute atomic E-state index is 0.233. The number of amides is 1. The summed E-state index contributed by atoms with van der Waals surface area (Å²) < 4.78 is 15.0. The molecule has 19 heavy (non-hydrogen) atoms. The number of rotatable bonds is 4. The molecule has 0 saturated heterocycles. The third kappa shape index (κ3) is 3.46. The van der Waals surface area contributed by atoms with Gasteiger partial charge < -0.3 is 11.1 Å². The highest BCUT2D eigenvalue weighted by Gasteiger charge is 2.08. The maximum absolute atomic E-state index is 13.6. The minimum atomic E-state index is -0.593. The molecule has 2 rings (SSSR count). The Balaban J connectivity index is 2.14. The van der Waals surface area contributed by atoms with Gasteiger partial charge in [-0.1, -0.05) is 11.6 Å². The molecule has 0 unspecified atom stereocenters. The minimum Gasteiger partial charge on any atom is -0.378 e. The summed E-state index contributed by atoms with van der Waals surface area (Å²) in [4.78, 5) is 12.0. The number of nitrogens with one attached hydrogen (secondary N) is 1. The monoisotopic (exact) mass is 362 g/mol. The van der Waals surface area contributed by atoms with Crippen LogP contribution in [0.4, 0.5) is 10.1 Å². The number of halogens is 3. The van der Waals surface area contributed by atoms with Crippen LogP contribution in [0.2, 0.25) is 4.34 Å². The molecule has 1 amide bonds. The van der Waals surface area contributed by atoms with Crippen molar-refractivity contribution in [2.24, 2.45) is 5.73 Å². The molecule has 0 aliphatic heterocycles. The van der Waals surface area contributed by atoms with Gasteiger partial charge in [0.05, 0.1) is 5.69 Å². The first-order valence-electron chi connectivity index (χ1n) is 5.24. The van der Waals surface area contributed by atoms with Crippen LogP contribution in [-0.2, 0) is 6.54 Å². The van der Waals surface area contributed by atoms with Crippen LogP contribution in [0.25, 0.3) is 0 Å². The van der Waals surface area contributed by atoms with Crippen molar-refractivity contribution in [1.82, 2.24) is 0 Å². The zero-order valence-corrected chi connectivity index (χ0v) is 12.7. The first-order chi connectivity index (χ1) is 8.97. The summed E-state index contributed by atoms with van der Waals surface area (Å²) >= 11 is 10.6. The van der Waals surface area contributed by atoms with Crippen LogP contribution in [0.15, 0.2) is 28.7 Å². The van der Waals surface area contributed by atoms with Gasteiger partial charge in [0.2, 0.25) is 5.91 Å². The third-order valence-corrected chi connectivity index (χ3v) is 4.87. The van der Waals surface area contributed by atoms with Gasteiger partial charge in [0, 0.05) is 21.5 Å². The number of nitrogens with two attached hydrogens (primary N) is 1. The van der Waals surface area contributed by atoms with Crippen LogP contribution in [-0.4, -0.2) is 5.91 Å². The SMILES string of the molecule is NC(=O)c1ccc(F)c(NCc2cc(Br)c(Cl)s2)c1. The van der Waals surface area contributed by atoms with Crippen molar-refractivity contribution in [3.05, 3.63) is 49.3 Å². The number of carbonyl (C=O) groups is 1. The fraction of sp³-hybridized carbons (Fsp3) is 0.0833. The lowest BCUT2D eigenvalue weighted by Gasteiger charge is -2.07. The molecule has 100 valence electrons. The van der Waals surface area contributed by atoms with E-state index in [4.69, 9.17) is 17.3 Å². The second-order valence-electron chi connectivity index (χ2n) is 3.75. The van der Waals surface area contributed by atoms with Crippen molar-refractivity contribution in [3.8, 4) is 0 Å². The molecule has 7 heteroatoms. The molecule has 0 spiro atoms. The number of hydrogen-bond donors (Lipinski definition) is 2. The Morgan fingerprint density at radius 2 is 2.21 bits per heavy atom. The highest BCUT2D eigenvalue weighted by atomic mass is 79.9. The molecule has 1 aromatic carbocycles. The normalized spacial score (nSPS) is 10.5. The molecule has 0 radical (unpaired) electrons. The second kappa shape index (κ2) is 5.90. The number of anilines is 1. The lowest BCUT2D eigenvalue weighted by molar-refractivity contribution is 0.100. The number of carbonyl (C=O) groups excluding carboxylic acids is 1. The maximum atomic E-state index is 13.6. The molecule has 3 nitrogen and oxygen atoms in total. The summed E-state index contributed by atoms with van der Waals surface area (Å²) in [5.41, 5.74) is 5.64. The number of primary amides is 1. The van der Waals surface area contributed by atoms with Crippen LogP contribution in [0.1, 0.15) is 15.2 Å². The summed E-state index contributed by atoms with van der Waals surface area (Å²) in [6.45, 7) is 0.412. The van der Waals surface area contributed by atoms with E-state index in [0.717, 1.165) is 9.35 Å². The van der Waals surface area contributed by atoms with Crippen molar-refractivity contribution in [2.45, 2.75) is 6.54 Å². The van der Waals surface area contributed by atoms with E-state index in [9.17, 15) is 9.18 Å². The summed E-state index contributed by atoms with van der Waals surface area (Å²) in [5.74, 6) is -1.03. The van der Waals surface area contributed by atoms with Gasteiger partial charge in [-0.15, -0.1) is 11.3 Å². The first kappa shape index (κ1) is 14.3. The lowest BCUT2D eigenvalue weighted by Crippen LogP contribution is -2.12. The second-order valence-corrected chi connectivity index (χ2v) is 6.34. The molecule has 0 saturated carbocycles. The zero-order chi connectivity index (χ0) is 14.0. The summed E-state index contributed by atoms with van der Waals surface area (Å²) in [6.07, 6.45) is 0. The number of hydrogen-bond acceptors (Lipinski definition) is 3. The summed E-state index contributed by atoms with van der Waals surface area (Å²) in [6, 6.07) is 5.80. The van der Waals surface area contributed by atoms with Crippen LogP contribution < -0.4 is 11.1 Å². The lowest BCUT2D eigenvalue weighted by atomic mass is 10.2. The topological polar surface area (TPSA) is 55.1 Å². The summed E-state index contributed by atoms with van der Waals surface area (Å²) in [7, 11) is 0. The van der Waals surface area contributed by atoms with Crippen LogP contribution in [0.3, 0.4) is 0 Å². The fourth-order valence-electron chi connectivity index (χ4n) is 1.47. The van der Waals surface area contributed by atoms with Crippen molar-refractivity contribution < 1.29 is 9.18 Å². The number of thiophene rings is 1. The van der Waals surface area contributed by atoms with Crippen LogP contribution in [0.5, 0.6) is 0 Å². The maximum Gasteiger partial charge on any atom is 0.248 e. The summed E-state index contributed by atoms with van der Waals surface area (Å²) in [5, 5.41) is 2.91. The first-order valence-corrected chi connectivity index (χ1v) is 7.23. The Kier molecular flexibility index (Phi) is 4.44. The molecule has 1 heterocycles. The molecule has 1 aromatic heterocycles. The van der Waals surface area contributed by atoms with Crippen molar-refractivity contribution in [1.29, 1.82) is 0 Å². The molecule has 2 aromatic rings. The van der Waals surface area contributed by atoms with E-state index in [0.29, 0.717) is 10.9 Å². The van der Waals surface area contributed by atoms with Gasteiger partial charge >= 0.3 is 0 Å². The molecule has 0 atom stereocenters. The third-order valence-electron chi connectivity index (χ3n) is 2.40. The van der Waals surface area contributed by atoms with E-state index >= 15 is 0 Å². The van der Waals surface area contributed by atoms with Crippen LogP contribution in [0, 0.1) is 5.82 Å². The Morgan fingerprint density at radius 3 is 2.79 bits per heavy atom. The average molecular weight is 364 g/mol. The molecule has 0 fully saturated rings. The average Bonchev–Trinajstić information content (AvgIpc) is 2.67. The predicted octanol–water partition coefficient (Wildman–Crippen LogP) is 4.01. The van der Waals surface area contributed by atoms with E-state index in [1.54, 1.807) is 0 Å². The van der Waals surface area contributed by atoms with Gasteiger partial charge in [-0.25, -0.2) is 4.39 Å². The van der Waals surface area contributed by atoms with E-state index in [2.05, 4.69) is 21.2 Å². The molecule has 0 aliphatic carbocycles. The molecular weight excluding hydrogens is 355 g/mol. The quantitative estimate of drug-likeness (QED) is 0.862. The van der Waals surface area contributed by atoms with Crippen molar-refractivity contribution in [2.75, 3.05) is 5.32 Å². The van der Waals surface area contributed by atoms with Gasteiger partial charge in [0.15, 0.2) is 0 Å². The standard InChI is InChI=1S/C12H9BrClFN2OS/c13-8-4-7(19-11(8)14)5-17-10-3-6(12(16)18)1-2-9(10)15/h1-4,17H,5H2,(H2,16,18). The Morgan fingerprint density at radius 1 is 1.47 bits per heavy atom. The van der Waals surface area contributed by atoms with Crippen LogP contribution >= 0.6 is 38.9 Å². The van der Waals surface area contributed by atoms with Gasteiger partial charge in [0.1, 0.15) is 10.2 Å². The van der Waals surface area contributed by atoms with Crippen molar-refractivity contribution in [3.63, 3.8) is 0 Å². The van der Waals surface area contributed by atoms with Gasteiger partial charge in [-0.05, 0) is 40.2 Å². The van der Waals surface area contributed by atoms with Gasteiger partial charge in [-0.3, -0.25) is 4.79 Å². The highest BCUT2D eigenvalue weighted by Crippen LogP contribution is 2.32. The van der Waals surface area contributed by atoms with E-state index < -0.39 is 11.7 Å². The Hall–Kier alpha value is -1.11. The van der Waals surface area contributed by atoms with Gasteiger partial charge in [-0.2, -0.15) is 0 Å². The highest BCUT2D eigenvalue weighted by molar-refractivity contribution is 9.10. The fourth-order valence-corrected chi connectivity index (χ4v) is 3.21. The van der Waals surface area contributed by atoms with E-state index in [1.165, 1.54) is 29.5 Å². The number of benzene rings is 1. The molecular formula is C12H9BrClFN2OS. The predicted molar refractivity (Wildman–Crippen MR) is 79.3 cm³/mol. The van der Waals surface area contributed by atoms with E-state index in [-0.39, 0.29) is 11.3 Å². The molecule has 0 bridgehead atoms. The molecule has 0 aliphatic rings. The molecule has 3 N–H and O–H groups in total. The van der Waals surface area contributed by atoms with E-state index in [1.807, 2.05) is 6.07 Å². The Bertz CT molecular complexity index is 613. The zero-order valence-electron chi connectivity index (χ0n) is 9.54.